The van der Waals surface area contributed by atoms with Crippen LogP contribution in [0.25, 0.3) is 5.69 Å². The SMILES string of the molecule is O=C(NC(Cc1ccccc1)c1nnc(SCc2ccc(F)cc2)n1-c1ccc([N+](=O)[O-])cc1)c1ccco1. The number of amides is 1. The van der Waals surface area contributed by atoms with E-state index < -0.39 is 16.9 Å². The minimum Gasteiger partial charge on any atom is -0.459 e. The highest BCUT2D eigenvalue weighted by Crippen LogP contribution is 2.30. The fraction of sp³-hybridized carbons (Fsp3) is 0.107. The van der Waals surface area contributed by atoms with Crippen LogP contribution in [0.2, 0.25) is 0 Å². The van der Waals surface area contributed by atoms with E-state index in [2.05, 4.69) is 15.5 Å². The molecule has 11 heteroatoms. The van der Waals surface area contributed by atoms with E-state index >= 15 is 0 Å². The first kappa shape index (κ1) is 25.9. The van der Waals surface area contributed by atoms with Gasteiger partial charge in [-0.1, -0.05) is 54.2 Å². The van der Waals surface area contributed by atoms with Crippen LogP contribution in [0.5, 0.6) is 0 Å². The van der Waals surface area contributed by atoms with Crippen LogP contribution in [0.15, 0.2) is 107 Å². The lowest BCUT2D eigenvalue weighted by molar-refractivity contribution is -0.384. The third-order valence-electron chi connectivity index (χ3n) is 5.90. The number of nitro groups is 1. The molecule has 1 atom stereocenters. The number of nitrogens with zero attached hydrogens (tertiary/aromatic N) is 4. The highest BCUT2D eigenvalue weighted by molar-refractivity contribution is 7.98. The number of thioether (sulfide) groups is 1. The van der Waals surface area contributed by atoms with Gasteiger partial charge in [0.05, 0.1) is 17.2 Å². The van der Waals surface area contributed by atoms with Crippen molar-refractivity contribution in [2.45, 2.75) is 23.4 Å². The molecule has 0 bridgehead atoms. The van der Waals surface area contributed by atoms with Gasteiger partial charge in [-0.15, -0.1) is 10.2 Å². The molecule has 0 aliphatic heterocycles. The first-order valence-corrected chi connectivity index (χ1v) is 12.9. The Balaban J connectivity index is 1.54. The summed E-state index contributed by atoms with van der Waals surface area (Å²) in [6.45, 7) is 0. The second-order valence-corrected chi connectivity index (χ2v) is 9.50. The number of aromatic nitrogens is 3. The molecule has 39 heavy (non-hydrogen) atoms. The van der Waals surface area contributed by atoms with E-state index in [9.17, 15) is 19.3 Å². The van der Waals surface area contributed by atoms with E-state index in [1.807, 2.05) is 30.3 Å². The smallest absolute Gasteiger partial charge is 0.287 e. The van der Waals surface area contributed by atoms with Crippen LogP contribution >= 0.6 is 11.8 Å². The summed E-state index contributed by atoms with van der Waals surface area (Å²) in [5, 5.41) is 23.6. The molecule has 196 valence electrons. The highest BCUT2D eigenvalue weighted by Gasteiger charge is 2.26. The fourth-order valence-electron chi connectivity index (χ4n) is 3.99. The first-order valence-electron chi connectivity index (χ1n) is 11.9. The number of rotatable bonds is 10. The zero-order valence-electron chi connectivity index (χ0n) is 20.4. The summed E-state index contributed by atoms with van der Waals surface area (Å²) < 4.78 is 20.4. The maximum absolute atomic E-state index is 13.4. The lowest BCUT2D eigenvalue weighted by Crippen LogP contribution is -2.31. The minimum absolute atomic E-state index is 0.0548. The van der Waals surface area contributed by atoms with Gasteiger partial charge in [0.15, 0.2) is 16.7 Å². The monoisotopic (exact) mass is 543 g/mol. The quantitative estimate of drug-likeness (QED) is 0.132. The largest absolute Gasteiger partial charge is 0.459 e. The van der Waals surface area contributed by atoms with Crippen molar-refractivity contribution >= 4 is 23.4 Å². The molecule has 5 aromatic rings. The zero-order valence-corrected chi connectivity index (χ0v) is 21.3. The molecular formula is C28H22FN5O4S. The second kappa shape index (κ2) is 11.7. The van der Waals surface area contributed by atoms with Gasteiger partial charge in [-0.2, -0.15) is 0 Å². The Morgan fingerprint density at radius 2 is 1.72 bits per heavy atom. The lowest BCUT2D eigenvalue weighted by atomic mass is 10.0. The Bertz CT molecular complexity index is 1560. The van der Waals surface area contributed by atoms with E-state index in [1.54, 1.807) is 41.0 Å². The van der Waals surface area contributed by atoms with Crippen molar-refractivity contribution in [3.8, 4) is 5.69 Å². The number of nitro benzene ring substituents is 1. The van der Waals surface area contributed by atoms with Crippen LogP contribution in [0.4, 0.5) is 10.1 Å². The van der Waals surface area contributed by atoms with Crippen LogP contribution in [0, 0.1) is 15.9 Å². The van der Waals surface area contributed by atoms with Crippen LogP contribution in [-0.2, 0) is 12.2 Å². The molecule has 0 fully saturated rings. The number of benzene rings is 3. The van der Waals surface area contributed by atoms with Gasteiger partial charge in [0, 0.05) is 23.6 Å². The third kappa shape index (κ3) is 6.21. The first-order chi connectivity index (χ1) is 19.0. The summed E-state index contributed by atoms with van der Waals surface area (Å²) in [4.78, 5) is 23.8. The van der Waals surface area contributed by atoms with Crippen molar-refractivity contribution in [1.29, 1.82) is 0 Å². The van der Waals surface area contributed by atoms with E-state index in [4.69, 9.17) is 4.42 Å². The summed E-state index contributed by atoms with van der Waals surface area (Å²) in [6, 6.07) is 24.4. The van der Waals surface area contributed by atoms with Gasteiger partial charge in [-0.05, 0) is 53.9 Å². The van der Waals surface area contributed by atoms with E-state index in [0.717, 1.165) is 11.1 Å². The summed E-state index contributed by atoms with van der Waals surface area (Å²) in [6.07, 6.45) is 1.83. The fourth-order valence-corrected chi connectivity index (χ4v) is 4.90. The summed E-state index contributed by atoms with van der Waals surface area (Å²) in [5.41, 5.74) is 2.38. The molecule has 0 spiro atoms. The van der Waals surface area contributed by atoms with Crippen molar-refractivity contribution in [3.63, 3.8) is 0 Å². The molecule has 0 radical (unpaired) electrons. The van der Waals surface area contributed by atoms with Crippen LogP contribution in [0.1, 0.15) is 33.5 Å². The van der Waals surface area contributed by atoms with Gasteiger partial charge in [0.2, 0.25) is 0 Å². The minimum atomic E-state index is -0.618. The summed E-state index contributed by atoms with van der Waals surface area (Å²) in [7, 11) is 0. The average molecular weight is 544 g/mol. The van der Waals surface area contributed by atoms with Gasteiger partial charge < -0.3 is 9.73 Å². The number of hydrogen-bond acceptors (Lipinski definition) is 7. The Morgan fingerprint density at radius 1 is 0.974 bits per heavy atom. The number of furan rings is 1. The summed E-state index contributed by atoms with van der Waals surface area (Å²) in [5.74, 6) is 0.332. The molecule has 2 heterocycles. The maximum atomic E-state index is 13.4. The molecule has 0 saturated carbocycles. The molecule has 0 aliphatic carbocycles. The number of carbonyl (C=O) groups excluding carboxylic acids is 1. The average Bonchev–Trinajstić information content (AvgIpc) is 3.64. The second-order valence-electron chi connectivity index (χ2n) is 8.56. The Morgan fingerprint density at radius 3 is 2.38 bits per heavy atom. The Labute approximate surface area is 226 Å². The summed E-state index contributed by atoms with van der Waals surface area (Å²) >= 11 is 1.37. The molecule has 2 aromatic heterocycles. The molecule has 9 nitrogen and oxygen atoms in total. The van der Waals surface area contributed by atoms with E-state index in [1.165, 1.54) is 42.3 Å². The molecule has 1 amide bonds. The topological polar surface area (TPSA) is 116 Å². The molecule has 1 N–H and O–H groups in total. The standard InChI is InChI=1S/C28H22FN5O4S/c29-21-10-8-20(9-11-21)18-39-28-32-31-26(33(28)22-12-14-23(15-13-22)34(36)37)24(17-19-5-2-1-3-6-19)30-27(35)25-7-4-16-38-25/h1-16,24H,17-18H2,(H,30,35). The maximum Gasteiger partial charge on any atom is 0.287 e. The van der Waals surface area contributed by atoms with Crippen molar-refractivity contribution < 1.29 is 18.5 Å². The van der Waals surface area contributed by atoms with Crippen LogP contribution in [0.3, 0.4) is 0 Å². The van der Waals surface area contributed by atoms with Crippen molar-refractivity contribution in [3.05, 3.63) is 136 Å². The predicted molar refractivity (Wildman–Crippen MR) is 143 cm³/mol. The molecule has 3 aromatic carbocycles. The van der Waals surface area contributed by atoms with E-state index in [0.29, 0.717) is 28.8 Å². The number of halogens is 1. The third-order valence-corrected chi connectivity index (χ3v) is 6.90. The van der Waals surface area contributed by atoms with Crippen molar-refractivity contribution in [2.75, 3.05) is 0 Å². The van der Waals surface area contributed by atoms with Crippen molar-refractivity contribution in [1.82, 2.24) is 20.1 Å². The zero-order chi connectivity index (χ0) is 27.2. The van der Waals surface area contributed by atoms with Gasteiger partial charge in [0.1, 0.15) is 5.82 Å². The lowest BCUT2D eigenvalue weighted by Gasteiger charge is -2.20. The molecule has 5 rings (SSSR count). The van der Waals surface area contributed by atoms with Crippen molar-refractivity contribution in [2.24, 2.45) is 0 Å². The molecule has 0 aliphatic rings. The molecular weight excluding hydrogens is 521 g/mol. The molecule has 0 saturated heterocycles. The predicted octanol–water partition coefficient (Wildman–Crippen LogP) is 5.91. The highest BCUT2D eigenvalue weighted by atomic mass is 32.2. The van der Waals surface area contributed by atoms with E-state index in [-0.39, 0.29) is 17.3 Å². The normalized spacial score (nSPS) is 11.7. The van der Waals surface area contributed by atoms with Gasteiger partial charge >= 0.3 is 0 Å². The number of non-ortho nitro benzene ring substituents is 1. The number of carbonyl (C=O) groups is 1. The molecule has 1 unspecified atom stereocenters. The van der Waals surface area contributed by atoms with Gasteiger partial charge in [-0.25, -0.2) is 4.39 Å². The number of hydrogen-bond donors (Lipinski definition) is 1. The Kier molecular flexibility index (Phi) is 7.78. The van der Waals surface area contributed by atoms with Gasteiger partial charge in [0.25, 0.3) is 11.6 Å². The van der Waals surface area contributed by atoms with Gasteiger partial charge in [-0.3, -0.25) is 19.5 Å². The number of nitrogens with one attached hydrogen (secondary N) is 1. The van der Waals surface area contributed by atoms with Crippen LogP contribution < -0.4 is 5.32 Å². The van der Waals surface area contributed by atoms with Crippen LogP contribution in [-0.4, -0.2) is 25.6 Å². The Hall–Kier alpha value is -4.77.